The van der Waals surface area contributed by atoms with Gasteiger partial charge in [-0.2, -0.15) is 0 Å². The van der Waals surface area contributed by atoms with Crippen LogP contribution in [-0.2, 0) is 17.8 Å². The number of ether oxygens (including phenoxy) is 1. The van der Waals surface area contributed by atoms with E-state index in [1.54, 1.807) is 18.4 Å². The zero-order chi connectivity index (χ0) is 14.5. The van der Waals surface area contributed by atoms with Gasteiger partial charge in [0.05, 0.1) is 25.0 Å². The van der Waals surface area contributed by atoms with Crippen molar-refractivity contribution in [2.45, 2.75) is 13.1 Å². The molecule has 3 aromatic rings. The van der Waals surface area contributed by atoms with E-state index in [9.17, 15) is 0 Å². The van der Waals surface area contributed by atoms with Crippen LogP contribution in [0.2, 0.25) is 0 Å². The molecule has 0 atom stereocenters. The number of methoxy groups -OCH3 is 1. The molecule has 1 N–H and O–H groups in total. The molecule has 0 spiro atoms. The van der Waals surface area contributed by atoms with E-state index in [4.69, 9.17) is 4.74 Å². The van der Waals surface area contributed by atoms with Crippen LogP contribution in [0.1, 0.15) is 11.3 Å². The molecule has 0 aliphatic rings. The van der Waals surface area contributed by atoms with Gasteiger partial charge < -0.3 is 10.1 Å². The van der Waals surface area contributed by atoms with Crippen LogP contribution in [0.15, 0.2) is 35.8 Å². The molecule has 0 saturated carbocycles. The Hall–Kier alpha value is -1.76. The lowest BCUT2D eigenvalue weighted by Gasteiger charge is -2.00. The van der Waals surface area contributed by atoms with Gasteiger partial charge in [-0.1, -0.05) is 23.4 Å². The Kier molecular flexibility index (Phi) is 4.59. The molecule has 2 aromatic heterocycles. The normalized spacial score (nSPS) is 11.3. The molecule has 0 bridgehead atoms. The lowest BCUT2D eigenvalue weighted by Crippen LogP contribution is -2.18. The van der Waals surface area contributed by atoms with Crippen LogP contribution < -0.4 is 5.32 Å². The summed E-state index contributed by atoms with van der Waals surface area (Å²) in [5, 5.41) is 15.2. The molecule has 0 unspecified atom stereocenters. The predicted molar refractivity (Wildman–Crippen MR) is 84.5 cm³/mol. The first-order valence-electron chi connectivity index (χ1n) is 6.90. The SMILES string of the molecule is COCCNCc1cn(Cc2csc3ccccc23)nn1. The van der Waals surface area contributed by atoms with Crippen molar-refractivity contribution in [3.63, 3.8) is 0 Å². The maximum Gasteiger partial charge on any atom is 0.0964 e. The van der Waals surface area contributed by atoms with Crippen LogP contribution in [0.5, 0.6) is 0 Å². The molecule has 2 heterocycles. The highest BCUT2D eigenvalue weighted by atomic mass is 32.1. The summed E-state index contributed by atoms with van der Waals surface area (Å²) >= 11 is 1.77. The summed E-state index contributed by atoms with van der Waals surface area (Å²) in [6.45, 7) is 3.00. The number of thiophene rings is 1. The van der Waals surface area contributed by atoms with E-state index < -0.39 is 0 Å². The number of hydrogen-bond acceptors (Lipinski definition) is 5. The Bertz CT molecular complexity index is 706. The van der Waals surface area contributed by atoms with Crippen LogP contribution in [0.4, 0.5) is 0 Å². The highest BCUT2D eigenvalue weighted by Crippen LogP contribution is 2.25. The molecule has 1 aromatic carbocycles. The van der Waals surface area contributed by atoms with E-state index in [2.05, 4.69) is 45.3 Å². The fraction of sp³-hybridized carbons (Fsp3) is 0.333. The Morgan fingerprint density at radius 1 is 1.33 bits per heavy atom. The molecule has 6 heteroatoms. The molecule has 0 radical (unpaired) electrons. The first-order chi connectivity index (χ1) is 10.4. The van der Waals surface area contributed by atoms with Gasteiger partial charge in [0, 0.05) is 24.9 Å². The lowest BCUT2D eigenvalue weighted by molar-refractivity contribution is 0.199. The molecule has 0 amide bonds. The van der Waals surface area contributed by atoms with Gasteiger partial charge in [0.15, 0.2) is 0 Å². The van der Waals surface area contributed by atoms with Crippen LogP contribution in [0.25, 0.3) is 10.1 Å². The summed E-state index contributed by atoms with van der Waals surface area (Å²) in [5.74, 6) is 0. The van der Waals surface area contributed by atoms with Crippen LogP contribution >= 0.6 is 11.3 Å². The van der Waals surface area contributed by atoms with Crippen molar-refractivity contribution < 1.29 is 4.74 Å². The zero-order valence-electron chi connectivity index (χ0n) is 12.0. The van der Waals surface area contributed by atoms with Crippen molar-refractivity contribution in [3.8, 4) is 0 Å². The summed E-state index contributed by atoms with van der Waals surface area (Å²) in [5.41, 5.74) is 2.24. The zero-order valence-corrected chi connectivity index (χ0v) is 12.8. The van der Waals surface area contributed by atoms with Crippen molar-refractivity contribution >= 4 is 21.4 Å². The van der Waals surface area contributed by atoms with Gasteiger partial charge in [-0.15, -0.1) is 16.4 Å². The molecule has 0 saturated heterocycles. The predicted octanol–water partition coefficient (Wildman–Crippen LogP) is 2.28. The average Bonchev–Trinajstić information content (AvgIpc) is 3.12. The van der Waals surface area contributed by atoms with Gasteiger partial charge in [-0.3, -0.25) is 0 Å². The number of rotatable bonds is 7. The van der Waals surface area contributed by atoms with E-state index in [1.807, 2.05) is 10.9 Å². The van der Waals surface area contributed by atoms with Crippen molar-refractivity contribution in [3.05, 3.63) is 47.1 Å². The highest BCUT2D eigenvalue weighted by molar-refractivity contribution is 7.17. The number of benzene rings is 1. The molecule has 5 nitrogen and oxygen atoms in total. The van der Waals surface area contributed by atoms with Gasteiger partial charge in [-0.25, -0.2) is 4.68 Å². The second kappa shape index (κ2) is 6.80. The highest BCUT2D eigenvalue weighted by Gasteiger charge is 2.06. The number of aromatic nitrogens is 3. The number of nitrogens with one attached hydrogen (secondary N) is 1. The molecular formula is C15H18N4OS. The van der Waals surface area contributed by atoms with Gasteiger partial charge in [0.2, 0.25) is 0 Å². The van der Waals surface area contributed by atoms with Gasteiger partial charge in [0.1, 0.15) is 0 Å². The standard InChI is InChI=1S/C15H18N4OS/c1-20-7-6-16-8-13-10-19(18-17-13)9-12-11-21-15-5-3-2-4-14(12)15/h2-5,10-11,16H,6-9H2,1H3. The molecular weight excluding hydrogens is 284 g/mol. The van der Waals surface area contributed by atoms with Crippen LogP contribution in [0, 0.1) is 0 Å². The van der Waals surface area contributed by atoms with E-state index in [1.165, 1.54) is 15.6 Å². The van der Waals surface area contributed by atoms with Crippen molar-refractivity contribution in [2.75, 3.05) is 20.3 Å². The minimum Gasteiger partial charge on any atom is -0.383 e. The number of fused-ring (bicyclic) bond motifs is 1. The first-order valence-corrected chi connectivity index (χ1v) is 7.78. The van der Waals surface area contributed by atoms with E-state index in [-0.39, 0.29) is 0 Å². The third-order valence-corrected chi connectivity index (χ3v) is 4.28. The summed E-state index contributed by atoms with van der Waals surface area (Å²) < 4.78 is 8.20. The maximum atomic E-state index is 4.99. The molecule has 110 valence electrons. The monoisotopic (exact) mass is 302 g/mol. The summed E-state index contributed by atoms with van der Waals surface area (Å²) in [6, 6.07) is 8.45. The summed E-state index contributed by atoms with van der Waals surface area (Å²) in [4.78, 5) is 0. The Balaban J connectivity index is 1.64. The summed E-state index contributed by atoms with van der Waals surface area (Å²) in [7, 11) is 1.70. The Labute approximate surface area is 127 Å². The fourth-order valence-electron chi connectivity index (χ4n) is 2.22. The van der Waals surface area contributed by atoms with Crippen molar-refractivity contribution in [1.29, 1.82) is 0 Å². The maximum absolute atomic E-state index is 4.99. The van der Waals surface area contributed by atoms with Gasteiger partial charge >= 0.3 is 0 Å². The number of nitrogens with zero attached hydrogens (tertiary/aromatic N) is 3. The lowest BCUT2D eigenvalue weighted by atomic mass is 10.2. The second-order valence-corrected chi connectivity index (χ2v) is 5.75. The first kappa shape index (κ1) is 14.2. The molecule has 21 heavy (non-hydrogen) atoms. The van der Waals surface area contributed by atoms with E-state index in [0.717, 1.165) is 18.8 Å². The Morgan fingerprint density at radius 3 is 3.14 bits per heavy atom. The van der Waals surface area contributed by atoms with Gasteiger partial charge in [-0.05, 0) is 22.4 Å². The fourth-order valence-corrected chi connectivity index (χ4v) is 3.17. The summed E-state index contributed by atoms with van der Waals surface area (Å²) in [6.07, 6.45) is 1.99. The molecule has 3 rings (SSSR count). The third-order valence-electron chi connectivity index (χ3n) is 3.27. The van der Waals surface area contributed by atoms with E-state index in [0.29, 0.717) is 13.2 Å². The number of hydrogen-bond donors (Lipinski definition) is 1. The average molecular weight is 302 g/mol. The smallest absolute Gasteiger partial charge is 0.0964 e. The molecule has 0 fully saturated rings. The topological polar surface area (TPSA) is 52.0 Å². The van der Waals surface area contributed by atoms with E-state index >= 15 is 0 Å². The minimum absolute atomic E-state index is 0.703. The Morgan fingerprint density at radius 2 is 2.24 bits per heavy atom. The van der Waals surface area contributed by atoms with Gasteiger partial charge in [0.25, 0.3) is 0 Å². The minimum atomic E-state index is 0.703. The van der Waals surface area contributed by atoms with Crippen molar-refractivity contribution in [1.82, 2.24) is 20.3 Å². The molecule has 0 aliphatic heterocycles. The van der Waals surface area contributed by atoms with Crippen LogP contribution in [0.3, 0.4) is 0 Å². The third kappa shape index (κ3) is 3.47. The van der Waals surface area contributed by atoms with Crippen LogP contribution in [-0.4, -0.2) is 35.3 Å². The largest absolute Gasteiger partial charge is 0.383 e. The molecule has 0 aliphatic carbocycles. The van der Waals surface area contributed by atoms with Crippen molar-refractivity contribution in [2.24, 2.45) is 0 Å². The quantitative estimate of drug-likeness (QED) is 0.680. The second-order valence-electron chi connectivity index (χ2n) is 4.83.